The van der Waals surface area contributed by atoms with E-state index in [4.69, 9.17) is 11.6 Å². The van der Waals surface area contributed by atoms with Crippen LogP contribution in [0.1, 0.15) is 11.7 Å². The van der Waals surface area contributed by atoms with E-state index in [0.717, 1.165) is 5.56 Å². The smallest absolute Gasteiger partial charge is 0.141 e. The van der Waals surface area contributed by atoms with Gasteiger partial charge in [0.25, 0.3) is 0 Å². The molecular formula is C9H6ClIO. The summed E-state index contributed by atoms with van der Waals surface area (Å²) < 4.78 is 2.62. The Morgan fingerprint density at radius 3 is 2.42 bits per heavy atom. The van der Waals surface area contributed by atoms with Gasteiger partial charge in [-0.25, -0.2) is 0 Å². The lowest BCUT2D eigenvalue weighted by Crippen LogP contribution is -1.91. The zero-order chi connectivity index (χ0) is 8.97. The predicted octanol–water partition coefficient (Wildman–Crippen LogP) is 2.77. The molecule has 0 radical (unpaired) electrons. The lowest BCUT2D eigenvalue weighted by atomic mass is 10.1. The minimum absolute atomic E-state index is 0.661. The van der Waals surface area contributed by atoms with Crippen molar-refractivity contribution in [2.45, 2.75) is 6.10 Å². The van der Waals surface area contributed by atoms with Crippen molar-refractivity contribution in [1.82, 2.24) is 0 Å². The Bertz CT molecular complexity index is 310. The lowest BCUT2D eigenvalue weighted by Gasteiger charge is -2.02. The molecule has 0 saturated carbocycles. The fraction of sp³-hybridized carbons (Fsp3) is 0.111. The molecule has 0 bridgehead atoms. The first-order valence-electron chi connectivity index (χ1n) is 3.28. The summed E-state index contributed by atoms with van der Waals surface area (Å²) in [5.41, 5.74) is 0.767. The molecule has 1 unspecified atom stereocenters. The van der Waals surface area contributed by atoms with Crippen molar-refractivity contribution in [3.8, 4) is 9.85 Å². The largest absolute Gasteiger partial charge is 0.376 e. The summed E-state index contributed by atoms with van der Waals surface area (Å²) in [5.74, 6) is 2.63. The molecule has 0 saturated heterocycles. The van der Waals surface area contributed by atoms with Gasteiger partial charge in [-0.1, -0.05) is 29.7 Å². The molecule has 0 aliphatic heterocycles. The Kier molecular flexibility index (Phi) is 3.86. The first kappa shape index (κ1) is 9.85. The molecule has 3 heteroatoms. The number of aliphatic hydroxyl groups is 1. The second kappa shape index (κ2) is 4.70. The summed E-state index contributed by atoms with van der Waals surface area (Å²) >= 11 is 7.56. The molecule has 62 valence electrons. The Balaban J connectivity index is 2.87. The SMILES string of the molecule is OC(C#CI)c1ccc(Cl)cc1. The molecule has 1 aromatic carbocycles. The Morgan fingerprint density at radius 2 is 1.92 bits per heavy atom. The third kappa shape index (κ3) is 2.67. The molecule has 0 spiro atoms. The van der Waals surface area contributed by atoms with Crippen LogP contribution < -0.4 is 0 Å². The summed E-state index contributed by atoms with van der Waals surface area (Å²) in [4.78, 5) is 0. The van der Waals surface area contributed by atoms with E-state index in [1.807, 2.05) is 22.6 Å². The van der Waals surface area contributed by atoms with Gasteiger partial charge in [0.2, 0.25) is 0 Å². The van der Waals surface area contributed by atoms with Crippen LogP contribution in [0.4, 0.5) is 0 Å². The normalized spacial score (nSPS) is 11.6. The zero-order valence-corrected chi connectivity index (χ0v) is 9.00. The minimum Gasteiger partial charge on any atom is -0.376 e. The van der Waals surface area contributed by atoms with E-state index < -0.39 is 6.10 Å². The average Bonchev–Trinajstić information content (AvgIpc) is 2.06. The maximum atomic E-state index is 9.39. The van der Waals surface area contributed by atoms with Crippen LogP contribution in [0.3, 0.4) is 0 Å². The van der Waals surface area contributed by atoms with E-state index >= 15 is 0 Å². The summed E-state index contributed by atoms with van der Waals surface area (Å²) in [6.07, 6.45) is -0.709. The predicted molar refractivity (Wildman–Crippen MR) is 58.2 cm³/mol. The second-order valence-electron chi connectivity index (χ2n) is 2.19. The molecule has 1 nitrogen and oxygen atoms in total. The summed E-state index contributed by atoms with van der Waals surface area (Å²) in [6, 6.07) is 6.98. The van der Waals surface area contributed by atoms with Crippen molar-refractivity contribution in [1.29, 1.82) is 0 Å². The van der Waals surface area contributed by atoms with E-state index in [9.17, 15) is 5.11 Å². The molecule has 0 fully saturated rings. The highest BCUT2D eigenvalue weighted by Crippen LogP contribution is 2.15. The van der Waals surface area contributed by atoms with Gasteiger partial charge in [-0.2, -0.15) is 0 Å². The molecule has 0 aliphatic rings. The maximum absolute atomic E-state index is 9.39. The second-order valence-corrected chi connectivity index (χ2v) is 3.17. The molecule has 1 rings (SSSR count). The monoisotopic (exact) mass is 292 g/mol. The van der Waals surface area contributed by atoms with E-state index in [1.165, 1.54) is 0 Å². The highest BCUT2D eigenvalue weighted by molar-refractivity contribution is 14.1. The van der Waals surface area contributed by atoms with Crippen LogP contribution in [-0.4, -0.2) is 5.11 Å². The topological polar surface area (TPSA) is 20.2 Å². The Labute approximate surface area is 89.9 Å². The van der Waals surface area contributed by atoms with Crippen molar-refractivity contribution >= 4 is 34.2 Å². The lowest BCUT2D eigenvalue weighted by molar-refractivity contribution is 0.238. The molecular weight excluding hydrogens is 286 g/mol. The molecule has 0 aliphatic carbocycles. The van der Waals surface area contributed by atoms with Crippen LogP contribution in [0.15, 0.2) is 24.3 Å². The van der Waals surface area contributed by atoms with Crippen LogP contribution in [0, 0.1) is 9.85 Å². The summed E-state index contributed by atoms with van der Waals surface area (Å²) in [6.45, 7) is 0. The van der Waals surface area contributed by atoms with Gasteiger partial charge >= 0.3 is 0 Å². The number of hydrogen-bond acceptors (Lipinski definition) is 1. The van der Waals surface area contributed by atoms with Gasteiger partial charge in [0.1, 0.15) is 6.10 Å². The molecule has 0 heterocycles. The number of benzene rings is 1. The highest BCUT2D eigenvalue weighted by Gasteiger charge is 2.01. The van der Waals surface area contributed by atoms with Crippen LogP contribution in [0.25, 0.3) is 0 Å². The van der Waals surface area contributed by atoms with Crippen molar-refractivity contribution in [2.24, 2.45) is 0 Å². The van der Waals surface area contributed by atoms with Crippen LogP contribution >= 0.6 is 34.2 Å². The number of halogens is 2. The zero-order valence-electron chi connectivity index (χ0n) is 6.09. The first-order chi connectivity index (χ1) is 5.74. The van der Waals surface area contributed by atoms with E-state index in [1.54, 1.807) is 24.3 Å². The van der Waals surface area contributed by atoms with Gasteiger partial charge in [-0.3, -0.25) is 0 Å². The number of rotatable bonds is 1. The van der Waals surface area contributed by atoms with Crippen LogP contribution in [0.5, 0.6) is 0 Å². The van der Waals surface area contributed by atoms with Crippen LogP contribution in [0.2, 0.25) is 5.02 Å². The fourth-order valence-corrected chi connectivity index (χ4v) is 1.20. The minimum atomic E-state index is -0.709. The van der Waals surface area contributed by atoms with E-state index in [0.29, 0.717) is 5.02 Å². The van der Waals surface area contributed by atoms with Crippen molar-refractivity contribution < 1.29 is 5.11 Å². The molecule has 0 amide bonds. The summed E-state index contributed by atoms with van der Waals surface area (Å²) in [7, 11) is 0. The van der Waals surface area contributed by atoms with Crippen molar-refractivity contribution in [3.05, 3.63) is 34.9 Å². The standard InChI is InChI=1S/C9H6ClIO/c10-8-3-1-7(2-4-8)9(12)5-6-11/h1-4,9,12H. The average molecular weight is 293 g/mol. The highest BCUT2D eigenvalue weighted by atomic mass is 127. The van der Waals surface area contributed by atoms with Gasteiger partial charge < -0.3 is 5.11 Å². The van der Waals surface area contributed by atoms with Gasteiger partial charge in [0, 0.05) is 27.6 Å². The third-order valence-electron chi connectivity index (χ3n) is 1.38. The molecule has 0 aromatic heterocycles. The maximum Gasteiger partial charge on any atom is 0.141 e. The molecule has 1 atom stereocenters. The third-order valence-corrected chi connectivity index (χ3v) is 1.94. The Morgan fingerprint density at radius 1 is 1.33 bits per heavy atom. The van der Waals surface area contributed by atoms with E-state index in [2.05, 4.69) is 9.85 Å². The molecule has 12 heavy (non-hydrogen) atoms. The van der Waals surface area contributed by atoms with Gasteiger partial charge in [-0.05, 0) is 21.6 Å². The first-order valence-corrected chi connectivity index (χ1v) is 4.74. The Hall–Kier alpha value is -0.240. The quantitative estimate of drug-likeness (QED) is 0.623. The van der Waals surface area contributed by atoms with Gasteiger partial charge in [-0.15, -0.1) is 0 Å². The fourth-order valence-electron chi connectivity index (χ4n) is 0.780. The number of aliphatic hydroxyl groups excluding tert-OH is 1. The number of hydrogen-bond donors (Lipinski definition) is 1. The van der Waals surface area contributed by atoms with Gasteiger partial charge in [0.15, 0.2) is 0 Å². The van der Waals surface area contributed by atoms with Crippen molar-refractivity contribution in [3.63, 3.8) is 0 Å². The molecule has 1 N–H and O–H groups in total. The van der Waals surface area contributed by atoms with Crippen molar-refractivity contribution in [2.75, 3.05) is 0 Å². The van der Waals surface area contributed by atoms with Gasteiger partial charge in [0.05, 0.1) is 0 Å². The van der Waals surface area contributed by atoms with Crippen LogP contribution in [-0.2, 0) is 0 Å². The van der Waals surface area contributed by atoms with E-state index in [-0.39, 0.29) is 0 Å². The summed E-state index contributed by atoms with van der Waals surface area (Å²) in [5, 5.41) is 10.1. The molecule has 1 aromatic rings.